The molecule has 0 bridgehead atoms. The minimum atomic E-state index is -4.13. The number of hydrogen-bond donors (Lipinski definition) is 1. The van der Waals surface area contributed by atoms with Crippen molar-refractivity contribution >= 4 is 20.9 Å². The van der Waals surface area contributed by atoms with E-state index in [-0.39, 0.29) is 41.9 Å². The van der Waals surface area contributed by atoms with Crippen LogP contribution in [0.1, 0.15) is 0 Å². The zero-order valence-corrected chi connectivity index (χ0v) is 12.0. The van der Waals surface area contributed by atoms with Gasteiger partial charge >= 0.3 is 29.6 Å². The largest absolute Gasteiger partial charge is 1.00 e. The van der Waals surface area contributed by atoms with Crippen LogP contribution in [0.2, 0.25) is 0 Å². The standard InChI is InChI=1S/C10H8O3S.CH3.Na/c11-14(12,13)10-7-3-5-8-4-1-2-6-9(8)10;;/h1-7H,(H,11,12,13);1H3;/q;-1;+1. The Morgan fingerprint density at radius 3 is 2.12 bits per heavy atom. The Hall–Kier alpha value is -0.390. The molecule has 0 aromatic heterocycles. The molecule has 0 unspecified atom stereocenters. The summed E-state index contributed by atoms with van der Waals surface area (Å²) in [4.78, 5) is -0.0457. The smallest absolute Gasteiger partial charge is 0.358 e. The first-order chi connectivity index (χ1) is 6.59. The summed E-state index contributed by atoms with van der Waals surface area (Å²) in [5, 5.41) is 1.33. The first kappa shape index (κ1) is 15.6. The molecular weight excluding hydrogens is 235 g/mol. The van der Waals surface area contributed by atoms with Crippen LogP contribution in [0.15, 0.2) is 47.4 Å². The Balaban J connectivity index is 0.00000112. The SMILES string of the molecule is O=S(=O)(O)c1cccc2ccccc12.[CH3-].[Na+]. The molecule has 0 saturated heterocycles. The van der Waals surface area contributed by atoms with E-state index < -0.39 is 10.1 Å². The van der Waals surface area contributed by atoms with Gasteiger partial charge < -0.3 is 7.43 Å². The van der Waals surface area contributed by atoms with Gasteiger partial charge in [-0.1, -0.05) is 36.4 Å². The second kappa shape index (κ2) is 5.80. The summed E-state index contributed by atoms with van der Waals surface area (Å²) < 4.78 is 31.0. The Bertz CT molecular complexity index is 573. The van der Waals surface area contributed by atoms with E-state index in [4.69, 9.17) is 4.55 Å². The Morgan fingerprint density at radius 1 is 0.938 bits per heavy atom. The summed E-state index contributed by atoms with van der Waals surface area (Å²) in [5.74, 6) is 0. The molecule has 3 nitrogen and oxygen atoms in total. The fourth-order valence-electron chi connectivity index (χ4n) is 1.42. The number of fused-ring (bicyclic) bond motifs is 1. The molecule has 0 heterocycles. The van der Waals surface area contributed by atoms with Gasteiger partial charge in [0.2, 0.25) is 0 Å². The van der Waals surface area contributed by atoms with Crippen LogP contribution in [0.25, 0.3) is 10.8 Å². The van der Waals surface area contributed by atoms with Crippen LogP contribution in [-0.2, 0) is 10.1 Å². The average molecular weight is 246 g/mol. The van der Waals surface area contributed by atoms with Crippen LogP contribution < -0.4 is 29.6 Å². The maximum atomic E-state index is 11.0. The average Bonchev–Trinajstić information content (AvgIpc) is 2.15. The Labute approximate surface area is 118 Å². The molecule has 5 heteroatoms. The summed E-state index contributed by atoms with van der Waals surface area (Å²) in [6.07, 6.45) is 0. The van der Waals surface area contributed by atoms with E-state index in [1.54, 1.807) is 30.3 Å². The Morgan fingerprint density at radius 2 is 1.50 bits per heavy atom. The van der Waals surface area contributed by atoms with E-state index >= 15 is 0 Å². The van der Waals surface area contributed by atoms with Crippen LogP contribution >= 0.6 is 0 Å². The molecule has 0 radical (unpaired) electrons. The molecule has 0 amide bonds. The van der Waals surface area contributed by atoms with Crippen molar-refractivity contribution in [2.45, 2.75) is 4.90 Å². The fraction of sp³-hybridized carbons (Fsp3) is 0. The Kier molecular flexibility index (Phi) is 5.65. The summed E-state index contributed by atoms with van der Waals surface area (Å²) >= 11 is 0. The first-order valence-corrected chi connectivity index (χ1v) is 5.48. The van der Waals surface area contributed by atoms with E-state index in [0.29, 0.717) is 5.39 Å². The molecule has 2 aromatic rings. The molecule has 0 saturated carbocycles. The molecule has 0 aliphatic rings. The maximum Gasteiger partial charge on any atom is 1.00 e. The monoisotopic (exact) mass is 246 g/mol. The van der Waals surface area contributed by atoms with E-state index in [1.165, 1.54) is 6.07 Å². The molecule has 0 spiro atoms. The van der Waals surface area contributed by atoms with E-state index in [1.807, 2.05) is 6.07 Å². The van der Waals surface area contributed by atoms with Gasteiger partial charge in [-0.05, 0) is 11.5 Å². The normalized spacial score (nSPS) is 10.3. The molecule has 0 aliphatic heterocycles. The van der Waals surface area contributed by atoms with Gasteiger partial charge in [-0.25, -0.2) is 0 Å². The fourth-order valence-corrected chi connectivity index (χ4v) is 2.13. The second-order valence-corrected chi connectivity index (χ2v) is 4.34. The quantitative estimate of drug-likeness (QED) is 0.421. The van der Waals surface area contributed by atoms with E-state index in [2.05, 4.69) is 0 Å². The summed E-state index contributed by atoms with van der Waals surface area (Å²) in [7, 11) is -4.13. The molecular formula is C11H11NaO3S. The first-order valence-electron chi connectivity index (χ1n) is 4.04. The van der Waals surface area contributed by atoms with Crippen molar-refractivity contribution in [3.63, 3.8) is 0 Å². The minimum absolute atomic E-state index is 0. The predicted molar refractivity (Wildman–Crippen MR) is 60.2 cm³/mol. The van der Waals surface area contributed by atoms with Gasteiger partial charge in [0.25, 0.3) is 10.1 Å². The van der Waals surface area contributed by atoms with Crippen molar-refractivity contribution in [3.05, 3.63) is 49.9 Å². The van der Waals surface area contributed by atoms with Gasteiger partial charge in [-0.3, -0.25) is 4.55 Å². The van der Waals surface area contributed by atoms with Crippen LogP contribution in [0.5, 0.6) is 0 Å². The molecule has 1 N–H and O–H groups in total. The van der Waals surface area contributed by atoms with Crippen LogP contribution in [0.4, 0.5) is 0 Å². The predicted octanol–water partition coefficient (Wildman–Crippen LogP) is -0.459. The van der Waals surface area contributed by atoms with Crippen molar-refractivity contribution in [3.8, 4) is 0 Å². The van der Waals surface area contributed by atoms with E-state index in [9.17, 15) is 8.42 Å². The topological polar surface area (TPSA) is 54.4 Å². The van der Waals surface area contributed by atoms with Crippen molar-refractivity contribution in [1.29, 1.82) is 0 Å². The maximum absolute atomic E-state index is 11.0. The van der Waals surface area contributed by atoms with Crippen LogP contribution in [0.3, 0.4) is 0 Å². The summed E-state index contributed by atoms with van der Waals surface area (Å²) in [6.45, 7) is 0. The number of benzene rings is 2. The second-order valence-electron chi connectivity index (χ2n) is 2.95. The van der Waals surface area contributed by atoms with E-state index in [0.717, 1.165) is 5.39 Å². The molecule has 2 aromatic carbocycles. The molecule has 0 fully saturated rings. The molecule has 0 atom stereocenters. The van der Waals surface area contributed by atoms with Crippen molar-refractivity contribution in [2.24, 2.45) is 0 Å². The summed E-state index contributed by atoms with van der Waals surface area (Å²) in [6, 6.07) is 11.8. The van der Waals surface area contributed by atoms with Gasteiger partial charge in [0.15, 0.2) is 0 Å². The molecule has 0 aliphatic carbocycles. The molecule has 2 rings (SSSR count). The van der Waals surface area contributed by atoms with Gasteiger partial charge in [0.1, 0.15) is 4.90 Å². The van der Waals surface area contributed by atoms with Crippen molar-refractivity contribution < 1.29 is 42.5 Å². The van der Waals surface area contributed by atoms with Gasteiger partial charge in [-0.2, -0.15) is 8.42 Å². The third kappa shape index (κ3) is 3.06. The number of hydrogen-bond acceptors (Lipinski definition) is 2. The zero-order chi connectivity index (χ0) is 10.2. The third-order valence-electron chi connectivity index (χ3n) is 2.03. The third-order valence-corrected chi connectivity index (χ3v) is 2.94. The zero-order valence-electron chi connectivity index (χ0n) is 9.21. The van der Waals surface area contributed by atoms with Crippen LogP contribution in [0, 0.1) is 7.43 Å². The summed E-state index contributed by atoms with van der Waals surface area (Å²) in [5.41, 5.74) is 0. The van der Waals surface area contributed by atoms with Crippen molar-refractivity contribution in [1.82, 2.24) is 0 Å². The molecule has 16 heavy (non-hydrogen) atoms. The van der Waals surface area contributed by atoms with Crippen LogP contribution in [-0.4, -0.2) is 13.0 Å². The van der Waals surface area contributed by atoms with Gasteiger partial charge in [0, 0.05) is 5.39 Å². The minimum Gasteiger partial charge on any atom is -0.358 e. The number of rotatable bonds is 1. The van der Waals surface area contributed by atoms with Gasteiger partial charge in [0.05, 0.1) is 0 Å². The van der Waals surface area contributed by atoms with Gasteiger partial charge in [-0.15, -0.1) is 0 Å². The molecule has 80 valence electrons. The van der Waals surface area contributed by atoms with Crippen molar-refractivity contribution in [2.75, 3.05) is 0 Å².